The number of carbonyl (C=O) groups is 4. The molecule has 4 rings (SSSR count). The first-order valence-electron chi connectivity index (χ1n) is 9.97. The van der Waals surface area contributed by atoms with Crippen LogP contribution in [0.25, 0.3) is 0 Å². The number of likely N-dealkylation sites (tertiary alicyclic amines) is 1. The van der Waals surface area contributed by atoms with Gasteiger partial charge in [0.15, 0.2) is 0 Å². The Bertz CT molecular complexity index is 886. The summed E-state index contributed by atoms with van der Waals surface area (Å²) in [5, 5.41) is 0. The molecule has 7 nitrogen and oxygen atoms in total. The number of benzene rings is 1. The Kier molecular flexibility index (Phi) is 5.46. The van der Waals surface area contributed by atoms with Crippen molar-refractivity contribution in [2.45, 2.75) is 50.6 Å². The molecule has 2 fully saturated rings. The summed E-state index contributed by atoms with van der Waals surface area (Å²) in [6.07, 6.45) is 4.67. The number of halogens is 1. The van der Waals surface area contributed by atoms with E-state index >= 15 is 0 Å². The van der Waals surface area contributed by atoms with E-state index in [1.807, 2.05) is 0 Å². The van der Waals surface area contributed by atoms with Gasteiger partial charge in [0, 0.05) is 23.5 Å². The molecule has 0 radical (unpaired) electrons. The molecule has 29 heavy (non-hydrogen) atoms. The lowest BCUT2D eigenvalue weighted by Crippen LogP contribution is -2.47. The summed E-state index contributed by atoms with van der Waals surface area (Å²) in [6.45, 7) is 0.00454. The van der Waals surface area contributed by atoms with Gasteiger partial charge in [0.25, 0.3) is 11.8 Å². The molecule has 1 aliphatic carbocycles. The summed E-state index contributed by atoms with van der Waals surface area (Å²) in [6, 6.07) is 4.42. The van der Waals surface area contributed by atoms with Crippen LogP contribution in [0.3, 0.4) is 0 Å². The third-order valence-corrected chi connectivity index (χ3v) is 6.82. The number of carbonyl (C=O) groups excluding carboxylic acids is 4. The second kappa shape index (κ2) is 7.89. The van der Waals surface area contributed by atoms with Crippen LogP contribution in [0.4, 0.5) is 0 Å². The van der Waals surface area contributed by atoms with Gasteiger partial charge in [0.2, 0.25) is 5.91 Å². The van der Waals surface area contributed by atoms with Gasteiger partial charge in [-0.1, -0.05) is 28.8 Å². The van der Waals surface area contributed by atoms with Crippen molar-refractivity contribution in [1.82, 2.24) is 9.80 Å². The smallest absolute Gasteiger partial charge is 0.328 e. The van der Waals surface area contributed by atoms with Crippen LogP contribution in [-0.2, 0) is 14.3 Å². The number of fused-ring (bicyclic) bond motifs is 2. The van der Waals surface area contributed by atoms with Gasteiger partial charge >= 0.3 is 5.97 Å². The maximum Gasteiger partial charge on any atom is 0.328 e. The molecule has 1 saturated heterocycles. The maximum atomic E-state index is 13.1. The minimum Gasteiger partial charge on any atom is -0.467 e. The Hall–Kier alpha value is -2.22. The molecule has 0 N–H and O–H groups in total. The molecule has 3 unspecified atom stereocenters. The van der Waals surface area contributed by atoms with Gasteiger partial charge in [-0.3, -0.25) is 19.3 Å². The predicted molar refractivity (Wildman–Crippen MR) is 107 cm³/mol. The van der Waals surface area contributed by atoms with E-state index in [1.54, 1.807) is 23.1 Å². The quantitative estimate of drug-likeness (QED) is 0.507. The second-order valence-electron chi connectivity index (χ2n) is 7.89. The van der Waals surface area contributed by atoms with Gasteiger partial charge in [-0.05, 0) is 43.4 Å². The number of hydrogen-bond donors (Lipinski definition) is 0. The highest BCUT2D eigenvalue weighted by molar-refractivity contribution is 9.10. The number of imide groups is 1. The molecule has 0 aromatic heterocycles. The summed E-state index contributed by atoms with van der Waals surface area (Å²) in [4.78, 5) is 53.4. The molecule has 3 aliphatic rings. The molecule has 154 valence electrons. The molecule has 1 aromatic rings. The van der Waals surface area contributed by atoms with E-state index in [4.69, 9.17) is 4.74 Å². The molecule has 2 aliphatic heterocycles. The summed E-state index contributed by atoms with van der Waals surface area (Å²) in [5.41, 5.74) is 0.699. The Morgan fingerprint density at radius 1 is 1.14 bits per heavy atom. The molecule has 1 aromatic carbocycles. The Balaban J connectivity index is 1.48. The Morgan fingerprint density at radius 3 is 2.62 bits per heavy atom. The van der Waals surface area contributed by atoms with Gasteiger partial charge in [0.1, 0.15) is 6.04 Å². The van der Waals surface area contributed by atoms with Crippen LogP contribution in [0, 0.1) is 5.92 Å². The number of hydrogen-bond acceptors (Lipinski definition) is 5. The first kappa shape index (κ1) is 20.1. The maximum absolute atomic E-state index is 13.1. The number of ether oxygens (including phenoxy) is 1. The molecule has 3 amide bonds. The predicted octanol–water partition coefficient (Wildman–Crippen LogP) is 2.77. The first-order valence-corrected chi connectivity index (χ1v) is 10.8. The molecule has 0 spiro atoms. The molecule has 3 atom stereocenters. The van der Waals surface area contributed by atoms with Crippen molar-refractivity contribution >= 4 is 39.6 Å². The van der Waals surface area contributed by atoms with E-state index in [0.717, 1.165) is 35.1 Å². The minimum absolute atomic E-state index is 0.00333. The number of rotatable bonds is 4. The average Bonchev–Trinajstić information content (AvgIpc) is 3.22. The lowest BCUT2D eigenvalue weighted by atomic mass is 9.84. The zero-order chi connectivity index (χ0) is 20.7. The Morgan fingerprint density at radius 2 is 1.86 bits per heavy atom. The normalized spacial score (nSPS) is 25.8. The van der Waals surface area contributed by atoms with E-state index in [1.165, 1.54) is 7.11 Å². The minimum atomic E-state index is -0.571. The van der Waals surface area contributed by atoms with Crippen molar-refractivity contribution in [3.05, 3.63) is 33.8 Å². The van der Waals surface area contributed by atoms with Crippen molar-refractivity contribution in [3.63, 3.8) is 0 Å². The Labute approximate surface area is 177 Å². The lowest BCUT2D eigenvalue weighted by Gasteiger charge is -2.33. The van der Waals surface area contributed by atoms with Crippen molar-refractivity contribution < 1.29 is 23.9 Å². The van der Waals surface area contributed by atoms with Crippen molar-refractivity contribution in [1.29, 1.82) is 0 Å². The third kappa shape index (κ3) is 3.47. The molecular formula is C21H23BrN2O5. The number of amides is 3. The first-order chi connectivity index (χ1) is 13.9. The lowest BCUT2D eigenvalue weighted by molar-refractivity contribution is -0.152. The highest BCUT2D eigenvalue weighted by Crippen LogP contribution is 2.40. The van der Waals surface area contributed by atoms with E-state index in [0.29, 0.717) is 23.5 Å². The highest BCUT2D eigenvalue weighted by Gasteiger charge is 2.48. The monoisotopic (exact) mass is 462 g/mol. The van der Waals surface area contributed by atoms with Crippen molar-refractivity contribution in [3.8, 4) is 0 Å². The van der Waals surface area contributed by atoms with Crippen LogP contribution in [0.15, 0.2) is 22.7 Å². The van der Waals surface area contributed by atoms with Gasteiger partial charge in [-0.2, -0.15) is 0 Å². The molecular weight excluding hydrogens is 440 g/mol. The van der Waals surface area contributed by atoms with E-state index < -0.39 is 12.0 Å². The number of esters is 1. The summed E-state index contributed by atoms with van der Waals surface area (Å²) in [5.74, 6) is -1.05. The third-order valence-electron chi connectivity index (χ3n) is 6.33. The number of nitrogens with zero attached hydrogens (tertiary/aromatic N) is 2. The van der Waals surface area contributed by atoms with Crippen LogP contribution in [0.2, 0.25) is 0 Å². The SMILES string of the molecule is COC(=O)C1CC2CCCCC2N1C(=O)CCN1C(=O)c2ccc(Br)cc2C1=O. The van der Waals surface area contributed by atoms with E-state index in [9.17, 15) is 19.2 Å². The molecule has 0 bridgehead atoms. The topological polar surface area (TPSA) is 84.0 Å². The van der Waals surface area contributed by atoms with Gasteiger partial charge in [0.05, 0.1) is 18.2 Å². The largest absolute Gasteiger partial charge is 0.467 e. The van der Waals surface area contributed by atoms with Crippen LogP contribution in [0.1, 0.15) is 59.2 Å². The average molecular weight is 463 g/mol. The van der Waals surface area contributed by atoms with Gasteiger partial charge in [-0.15, -0.1) is 0 Å². The second-order valence-corrected chi connectivity index (χ2v) is 8.81. The molecule has 1 saturated carbocycles. The van der Waals surface area contributed by atoms with E-state index in [-0.39, 0.29) is 36.7 Å². The fraction of sp³-hybridized carbons (Fsp3) is 0.524. The summed E-state index contributed by atoms with van der Waals surface area (Å²) < 4.78 is 5.65. The van der Waals surface area contributed by atoms with Crippen LogP contribution in [-0.4, -0.2) is 59.2 Å². The van der Waals surface area contributed by atoms with Crippen molar-refractivity contribution in [2.24, 2.45) is 5.92 Å². The molecule has 8 heteroatoms. The van der Waals surface area contributed by atoms with Crippen molar-refractivity contribution in [2.75, 3.05) is 13.7 Å². The highest BCUT2D eigenvalue weighted by atomic mass is 79.9. The summed E-state index contributed by atoms with van der Waals surface area (Å²) >= 11 is 3.31. The van der Waals surface area contributed by atoms with Crippen LogP contribution < -0.4 is 0 Å². The number of methoxy groups -OCH3 is 1. The fourth-order valence-electron chi connectivity index (χ4n) is 4.97. The van der Waals surface area contributed by atoms with Gasteiger partial charge in [-0.25, -0.2) is 4.79 Å². The van der Waals surface area contributed by atoms with Gasteiger partial charge < -0.3 is 9.64 Å². The zero-order valence-electron chi connectivity index (χ0n) is 16.2. The van der Waals surface area contributed by atoms with E-state index in [2.05, 4.69) is 15.9 Å². The van der Waals surface area contributed by atoms with Crippen LogP contribution in [0.5, 0.6) is 0 Å². The van der Waals surface area contributed by atoms with Crippen LogP contribution >= 0.6 is 15.9 Å². The fourth-order valence-corrected chi connectivity index (χ4v) is 5.33. The standard InChI is InChI=1S/C21H23BrN2O5/c1-29-21(28)17-10-12-4-2-3-5-16(12)24(17)18(25)8-9-23-19(26)14-7-6-13(22)11-15(14)20(23)27/h6-7,11-12,16-17H,2-5,8-10H2,1H3. The summed E-state index contributed by atoms with van der Waals surface area (Å²) in [7, 11) is 1.34. The zero-order valence-corrected chi connectivity index (χ0v) is 17.8. The molecule has 2 heterocycles.